The van der Waals surface area contributed by atoms with E-state index < -0.39 is 0 Å². The summed E-state index contributed by atoms with van der Waals surface area (Å²) in [6.45, 7) is 2.20. The topological polar surface area (TPSA) is 72.2 Å². The van der Waals surface area contributed by atoms with E-state index in [1.54, 1.807) is 6.07 Å². The Bertz CT molecular complexity index is 388. The number of aromatic nitrogens is 1. The van der Waals surface area contributed by atoms with Gasteiger partial charge in [-0.2, -0.15) is 0 Å². The van der Waals surface area contributed by atoms with Crippen LogP contribution in [-0.4, -0.2) is 16.8 Å². The normalized spacial score (nSPS) is 10.4. The molecule has 5 heteroatoms. The molecule has 5 nitrogen and oxygen atoms in total. The summed E-state index contributed by atoms with van der Waals surface area (Å²) in [5.74, 6) is -0.0796. The van der Waals surface area contributed by atoms with Gasteiger partial charge in [0.05, 0.1) is 12.6 Å². The van der Waals surface area contributed by atoms with Crippen molar-refractivity contribution in [3.05, 3.63) is 12.3 Å². The minimum atomic E-state index is -0.338. The number of hydrogen-bond acceptors (Lipinski definition) is 4. The van der Waals surface area contributed by atoms with Crippen molar-refractivity contribution in [2.24, 2.45) is 0 Å². The smallest absolute Gasteiger partial charge is 0.234 e. The molecule has 0 bridgehead atoms. The van der Waals surface area contributed by atoms with Gasteiger partial charge in [-0.1, -0.05) is 50.6 Å². The van der Waals surface area contributed by atoms with Crippen LogP contribution < -0.4 is 5.32 Å². The zero-order valence-electron chi connectivity index (χ0n) is 12.2. The van der Waals surface area contributed by atoms with Crippen LogP contribution in [0.3, 0.4) is 0 Å². The molecule has 20 heavy (non-hydrogen) atoms. The average molecular weight is 280 g/mol. The fourth-order valence-corrected chi connectivity index (χ4v) is 2.01. The molecular weight excluding hydrogens is 256 g/mol. The first-order chi connectivity index (χ1) is 9.72. The van der Waals surface area contributed by atoms with Gasteiger partial charge in [0.15, 0.2) is 0 Å². The van der Waals surface area contributed by atoms with Crippen molar-refractivity contribution in [2.45, 2.75) is 64.7 Å². The summed E-state index contributed by atoms with van der Waals surface area (Å²) in [5.41, 5.74) is 0. The average Bonchev–Trinajstić information content (AvgIpc) is 2.90. The van der Waals surface area contributed by atoms with Gasteiger partial charge in [-0.3, -0.25) is 14.9 Å². The number of amides is 1. The number of unbranched alkanes of at least 4 members (excludes halogenated alkanes) is 6. The molecule has 112 valence electrons. The number of carbonyl (C=O) groups is 2. The second-order valence-electron chi connectivity index (χ2n) is 5.01. The maximum Gasteiger partial charge on any atom is 0.234 e. The SMILES string of the molecule is CCCCCCCCCC(=O)CC(=O)Nc1ccno1. The van der Waals surface area contributed by atoms with Crippen molar-refractivity contribution in [1.29, 1.82) is 0 Å². The summed E-state index contributed by atoms with van der Waals surface area (Å²) in [6.07, 6.45) is 10.0. The highest BCUT2D eigenvalue weighted by Crippen LogP contribution is 2.10. The van der Waals surface area contributed by atoms with E-state index in [0.29, 0.717) is 6.42 Å². The highest BCUT2D eigenvalue weighted by Gasteiger charge is 2.10. The minimum Gasteiger partial charge on any atom is -0.338 e. The molecule has 0 fully saturated rings. The summed E-state index contributed by atoms with van der Waals surface area (Å²) >= 11 is 0. The largest absolute Gasteiger partial charge is 0.338 e. The van der Waals surface area contributed by atoms with Crippen LogP contribution in [0.5, 0.6) is 0 Å². The molecule has 0 aliphatic carbocycles. The van der Waals surface area contributed by atoms with Gasteiger partial charge in [-0.05, 0) is 6.42 Å². The first-order valence-corrected chi connectivity index (χ1v) is 7.44. The molecule has 0 aliphatic rings. The Morgan fingerprint density at radius 1 is 1.15 bits per heavy atom. The Morgan fingerprint density at radius 2 is 1.85 bits per heavy atom. The maximum absolute atomic E-state index is 11.6. The van der Waals surface area contributed by atoms with Crippen LogP contribution in [0.4, 0.5) is 5.88 Å². The predicted molar refractivity (Wildman–Crippen MR) is 77.4 cm³/mol. The third-order valence-corrected chi connectivity index (χ3v) is 3.12. The van der Waals surface area contributed by atoms with Crippen LogP contribution in [0.1, 0.15) is 64.7 Å². The summed E-state index contributed by atoms with van der Waals surface area (Å²) in [5, 5.41) is 5.96. The molecule has 0 aliphatic heterocycles. The van der Waals surface area contributed by atoms with E-state index in [4.69, 9.17) is 4.52 Å². The Morgan fingerprint density at radius 3 is 2.50 bits per heavy atom. The monoisotopic (exact) mass is 280 g/mol. The van der Waals surface area contributed by atoms with E-state index in [2.05, 4.69) is 17.4 Å². The lowest BCUT2D eigenvalue weighted by Crippen LogP contribution is -2.15. The summed E-state index contributed by atoms with van der Waals surface area (Å²) < 4.78 is 4.74. The van der Waals surface area contributed by atoms with Gasteiger partial charge in [0, 0.05) is 12.5 Å². The summed E-state index contributed by atoms with van der Waals surface area (Å²) in [7, 11) is 0. The Balaban J connectivity index is 2.01. The number of carbonyl (C=O) groups excluding carboxylic acids is 2. The first-order valence-electron chi connectivity index (χ1n) is 7.44. The van der Waals surface area contributed by atoms with E-state index in [1.807, 2.05) is 0 Å². The highest BCUT2D eigenvalue weighted by molar-refractivity contribution is 6.03. The molecule has 0 saturated heterocycles. The van der Waals surface area contributed by atoms with Crippen LogP contribution in [0.2, 0.25) is 0 Å². The molecule has 0 aromatic carbocycles. The van der Waals surface area contributed by atoms with E-state index in [-0.39, 0.29) is 24.0 Å². The van der Waals surface area contributed by atoms with E-state index in [0.717, 1.165) is 12.8 Å². The van der Waals surface area contributed by atoms with Crippen molar-refractivity contribution < 1.29 is 14.1 Å². The predicted octanol–water partition coefficient (Wildman–Crippen LogP) is 3.71. The molecule has 1 amide bonds. The van der Waals surface area contributed by atoms with Crippen LogP contribution >= 0.6 is 0 Å². The summed E-state index contributed by atoms with van der Waals surface area (Å²) in [6, 6.07) is 1.54. The number of Topliss-reactive ketones (excluding diaryl/α,β-unsaturated/α-hetero) is 1. The van der Waals surface area contributed by atoms with Crippen LogP contribution in [0.25, 0.3) is 0 Å². The zero-order chi connectivity index (χ0) is 14.6. The lowest BCUT2D eigenvalue weighted by molar-refractivity contribution is -0.125. The van der Waals surface area contributed by atoms with Crippen LogP contribution in [0, 0.1) is 0 Å². The van der Waals surface area contributed by atoms with Crippen molar-refractivity contribution in [2.75, 3.05) is 5.32 Å². The van der Waals surface area contributed by atoms with Gasteiger partial charge in [-0.25, -0.2) is 0 Å². The Labute approximate surface area is 120 Å². The molecule has 0 unspecified atom stereocenters. The molecule has 1 heterocycles. The number of anilines is 1. The van der Waals surface area contributed by atoms with E-state index >= 15 is 0 Å². The van der Waals surface area contributed by atoms with Crippen molar-refractivity contribution >= 4 is 17.6 Å². The second kappa shape index (κ2) is 10.2. The minimum absolute atomic E-state index is 0.0180. The maximum atomic E-state index is 11.6. The molecule has 1 aromatic heterocycles. The molecule has 0 spiro atoms. The van der Waals surface area contributed by atoms with Gasteiger partial charge in [0.2, 0.25) is 11.8 Å². The molecule has 1 aromatic rings. The number of hydrogen-bond donors (Lipinski definition) is 1. The van der Waals surface area contributed by atoms with Crippen LogP contribution in [0.15, 0.2) is 16.8 Å². The van der Waals surface area contributed by atoms with Gasteiger partial charge in [-0.15, -0.1) is 0 Å². The number of ketones is 1. The molecule has 0 saturated carbocycles. The highest BCUT2D eigenvalue weighted by atomic mass is 16.5. The lowest BCUT2D eigenvalue weighted by Gasteiger charge is -2.02. The van der Waals surface area contributed by atoms with E-state index in [9.17, 15) is 9.59 Å². The quantitative estimate of drug-likeness (QED) is 0.495. The standard InChI is InChI=1S/C15H24N2O3/c1-2-3-4-5-6-7-8-9-13(18)12-14(19)17-15-10-11-16-20-15/h10-11H,2-9,12H2,1H3,(H,17,19). The third kappa shape index (κ3) is 7.71. The van der Waals surface area contributed by atoms with Crippen molar-refractivity contribution in [3.8, 4) is 0 Å². The molecule has 0 atom stereocenters. The zero-order valence-corrected chi connectivity index (χ0v) is 12.2. The number of nitrogens with zero attached hydrogens (tertiary/aromatic N) is 1. The fourth-order valence-electron chi connectivity index (χ4n) is 2.01. The lowest BCUT2D eigenvalue weighted by atomic mass is 10.1. The molecular formula is C15H24N2O3. The molecule has 1 rings (SSSR count). The Hall–Kier alpha value is -1.65. The van der Waals surface area contributed by atoms with Gasteiger partial charge in [0.25, 0.3) is 0 Å². The van der Waals surface area contributed by atoms with Gasteiger partial charge in [0.1, 0.15) is 5.78 Å². The van der Waals surface area contributed by atoms with E-state index in [1.165, 1.54) is 38.3 Å². The van der Waals surface area contributed by atoms with Crippen molar-refractivity contribution in [1.82, 2.24) is 5.16 Å². The second-order valence-corrected chi connectivity index (χ2v) is 5.01. The van der Waals surface area contributed by atoms with Crippen molar-refractivity contribution in [3.63, 3.8) is 0 Å². The third-order valence-electron chi connectivity index (χ3n) is 3.12. The summed E-state index contributed by atoms with van der Waals surface area (Å²) in [4.78, 5) is 23.1. The molecule has 1 N–H and O–H groups in total. The number of rotatable bonds is 11. The van der Waals surface area contributed by atoms with Gasteiger partial charge >= 0.3 is 0 Å². The van der Waals surface area contributed by atoms with Gasteiger partial charge < -0.3 is 4.52 Å². The fraction of sp³-hybridized carbons (Fsp3) is 0.667. The first kappa shape index (κ1) is 16.4. The number of nitrogens with one attached hydrogen (secondary N) is 1. The molecule has 0 radical (unpaired) electrons. The van der Waals surface area contributed by atoms with Crippen LogP contribution in [-0.2, 0) is 9.59 Å². The Kier molecular flexibility index (Phi) is 8.35.